The highest BCUT2D eigenvalue weighted by Crippen LogP contribution is 2.06. The summed E-state index contributed by atoms with van der Waals surface area (Å²) >= 11 is 0. The van der Waals surface area contributed by atoms with Crippen molar-refractivity contribution in [3.63, 3.8) is 0 Å². The lowest BCUT2D eigenvalue weighted by atomic mass is 10.5. The Labute approximate surface area is 87.6 Å². The van der Waals surface area contributed by atoms with Crippen molar-refractivity contribution in [3.05, 3.63) is 60.8 Å². The maximum absolute atomic E-state index is 4.53. The van der Waals surface area contributed by atoms with Gasteiger partial charge in [-0.1, -0.05) is 6.07 Å². The van der Waals surface area contributed by atoms with E-state index in [4.69, 9.17) is 0 Å². The third kappa shape index (κ3) is 1.52. The smallest absolute Gasteiger partial charge is 0.137 e. The van der Waals surface area contributed by atoms with E-state index in [1.54, 1.807) is 0 Å². The summed E-state index contributed by atoms with van der Waals surface area (Å²) in [5, 5.41) is 0. The minimum absolute atomic E-state index is 0.828. The van der Waals surface area contributed by atoms with Gasteiger partial charge >= 0.3 is 0 Å². The zero-order chi connectivity index (χ0) is 10.1. The minimum atomic E-state index is 0.828. The lowest BCUT2D eigenvalue weighted by Gasteiger charge is -1.96. The average Bonchev–Trinajstić information content (AvgIpc) is 2.86. The lowest BCUT2D eigenvalue weighted by Crippen LogP contribution is -1.95. The number of nitrogens with zero attached hydrogens (tertiary/aromatic N) is 3. The van der Waals surface area contributed by atoms with Gasteiger partial charge in [-0.25, -0.2) is 4.98 Å². The van der Waals surface area contributed by atoms with Crippen LogP contribution in [-0.2, 0) is 6.54 Å². The van der Waals surface area contributed by atoms with Crippen molar-refractivity contribution in [2.45, 2.75) is 6.54 Å². The Morgan fingerprint density at radius 2 is 1.80 bits per heavy atom. The second-order valence-corrected chi connectivity index (χ2v) is 3.55. The van der Waals surface area contributed by atoms with Crippen LogP contribution in [0, 0.1) is 0 Å². The molecule has 3 nitrogen and oxygen atoms in total. The second-order valence-electron chi connectivity index (χ2n) is 3.55. The van der Waals surface area contributed by atoms with Gasteiger partial charge in [0.1, 0.15) is 5.65 Å². The summed E-state index contributed by atoms with van der Waals surface area (Å²) in [6, 6.07) is 10.1. The van der Waals surface area contributed by atoms with Gasteiger partial charge in [0.2, 0.25) is 0 Å². The molecule has 3 rings (SSSR count). The first-order valence-electron chi connectivity index (χ1n) is 4.95. The molecule has 0 N–H and O–H groups in total. The van der Waals surface area contributed by atoms with E-state index in [2.05, 4.69) is 15.7 Å². The largest absolute Gasteiger partial charge is 0.348 e. The number of rotatable bonds is 2. The molecule has 0 spiro atoms. The van der Waals surface area contributed by atoms with Gasteiger partial charge in [-0.05, 0) is 24.3 Å². The third-order valence-corrected chi connectivity index (χ3v) is 2.42. The molecule has 3 aromatic rings. The fraction of sp³-hybridized carbons (Fsp3) is 0.0833. The molecule has 0 atom stereocenters. The molecule has 0 aliphatic rings. The van der Waals surface area contributed by atoms with Gasteiger partial charge in [0.15, 0.2) is 0 Å². The molecule has 0 aliphatic heterocycles. The molecule has 3 heterocycles. The first-order chi connectivity index (χ1) is 7.42. The van der Waals surface area contributed by atoms with Crippen molar-refractivity contribution in [1.82, 2.24) is 14.0 Å². The van der Waals surface area contributed by atoms with Crippen LogP contribution in [0.2, 0.25) is 0 Å². The average molecular weight is 197 g/mol. The van der Waals surface area contributed by atoms with Gasteiger partial charge in [0.05, 0.1) is 12.2 Å². The number of imidazole rings is 1. The lowest BCUT2D eigenvalue weighted by molar-refractivity contribution is 0.787. The van der Waals surface area contributed by atoms with Crippen LogP contribution in [0.4, 0.5) is 0 Å². The van der Waals surface area contributed by atoms with E-state index in [-0.39, 0.29) is 0 Å². The van der Waals surface area contributed by atoms with Gasteiger partial charge in [0.25, 0.3) is 0 Å². The minimum Gasteiger partial charge on any atom is -0.348 e. The topological polar surface area (TPSA) is 22.2 Å². The molecule has 0 fully saturated rings. The summed E-state index contributed by atoms with van der Waals surface area (Å²) in [6.07, 6.45) is 8.17. The van der Waals surface area contributed by atoms with Crippen molar-refractivity contribution in [3.8, 4) is 0 Å². The Hall–Kier alpha value is -2.03. The summed E-state index contributed by atoms with van der Waals surface area (Å²) in [5.74, 6) is 0. The highest BCUT2D eigenvalue weighted by molar-refractivity contribution is 5.39. The SMILES string of the molecule is c1ccn2cc(Cn3cccc3)nc2c1. The van der Waals surface area contributed by atoms with E-state index in [0.717, 1.165) is 17.9 Å². The maximum Gasteiger partial charge on any atom is 0.137 e. The van der Waals surface area contributed by atoms with E-state index in [1.165, 1.54) is 0 Å². The number of hydrogen-bond acceptors (Lipinski definition) is 1. The zero-order valence-corrected chi connectivity index (χ0v) is 8.24. The van der Waals surface area contributed by atoms with E-state index in [9.17, 15) is 0 Å². The fourth-order valence-electron chi connectivity index (χ4n) is 1.73. The van der Waals surface area contributed by atoms with Crippen LogP contribution in [0.15, 0.2) is 55.1 Å². The molecule has 3 heteroatoms. The van der Waals surface area contributed by atoms with E-state index < -0.39 is 0 Å². The summed E-state index contributed by atoms with van der Waals surface area (Å²) in [5.41, 5.74) is 2.08. The number of fused-ring (bicyclic) bond motifs is 1. The Morgan fingerprint density at radius 1 is 1.00 bits per heavy atom. The van der Waals surface area contributed by atoms with Crippen LogP contribution in [0.5, 0.6) is 0 Å². The molecular weight excluding hydrogens is 186 g/mol. The first kappa shape index (κ1) is 8.29. The quantitative estimate of drug-likeness (QED) is 0.617. The molecule has 0 unspecified atom stereocenters. The Morgan fingerprint density at radius 3 is 2.60 bits per heavy atom. The molecule has 0 aromatic carbocycles. The molecule has 3 aromatic heterocycles. The van der Waals surface area contributed by atoms with Gasteiger partial charge in [-0.3, -0.25) is 0 Å². The van der Waals surface area contributed by atoms with E-state index >= 15 is 0 Å². The Kier molecular flexibility index (Phi) is 1.81. The first-order valence-corrected chi connectivity index (χ1v) is 4.95. The Bertz CT molecular complexity index is 530. The van der Waals surface area contributed by atoms with Gasteiger partial charge < -0.3 is 8.97 Å². The van der Waals surface area contributed by atoms with Crippen LogP contribution >= 0.6 is 0 Å². The predicted molar refractivity (Wildman–Crippen MR) is 58.7 cm³/mol. The van der Waals surface area contributed by atoms with Gasteiger partial charge in [-0.15, -0.1) is 0 Å². The summed E-state index contributed by atoms with van der Waals surface area (Å²) in [4.78, 5) is 4.53. The maximum atomic E-state index is 4.53. The van der Waals surface area contributed by atoms with Crippen molar-refractivity contribution in [1.29, 1.82) is 0 Å². The molecule has 0 saturated carbocycles. The molecule has 0 amide bonds. The molecule has 0 bridgehead atoms. The van der Waals surface area contributed by atoms with Crippen molar-refractivity contribution in [2.75, 3.05) is 0 Å². The molecule has 0 saturated heterocycles. The summed E-state index contributed by atoms with van der Waals surface area (Å²) < 4.78 is 4.15. The molecular formula is C12H11N3. The van der Waals surface area contributed by atoms with Crippen LogP contribution < -0.4 is 0 Å². The number of aromatic nitrogens is 3. The van der Waals surface area contributed by atoms with Crippen LogP contribution in [0.25, 0.3) is 5.65 Å². The second kappa shape index (κ2) is 3.28. The predicted octanol–water partition coefficient (Wildman–Crippen LogP) is 2.18. The van der Waals surface area contributed by atoms with E-state index in [1.807, 2.05) is 53.3 Å². The van der Waals surface area contributed by atoms with Gasteiger partial charge in [0, 0.05) is 24.8 Å². The number of hydrogen-bond donors (Lipinski definition) is 0. The van der Waals surface area contributed by atoms with Crippen molar-refractivity contribution < 1.29 is 0 Å². The summed E-state index contributed by atoms with van der Waals surface area (Å²) in [7, 11) is 0. The van der Waals surface area contributed by atoms with Crippen LogP contribution in [-0.4, -0.2) is 14.0 Å². The summed E-state index contributed by atoms with van der Waals surface area (Å²) in [6.45, 7) is 0.828. The number of pyridine rings is 1. The van der Waals surface area contributed by atoms with Crippen LogP contribution in [0.3, 0.4) is 0 Å². The molecule has 0 radical (unpaired) electrons. The Balaban J connectivity index is 1.98. The fourth-order valence-corrected chi connectivity index (χ4v) is 1.73. The standard InChI is InChI=1S/C12H11N3/c1-2-8-15-10-11(13-12(15)5-1)9-14-6-3-4-7-14/h1-8,10H,9H2. The highest BCUT2D eigenvalue weighted by Gasteiger charge is 2.00. The molecule has 0 aliphatic carbocycles. The normalized spacial score (nSPS) is 10.9. The van der Waals surface area contributed by atoms with Crippen molar-refractivity contribution >= 4 is 5.65 Å². The zero-order valence-electron chi connectivity index (χ0n) is 8.24. The van der Waals surface area contributed by atoms with E-state index in [0.29, 0.717) is 0 Å². The molecule has 74 valence electrons. The van der Waals surface area contributed by atoms with Gasteiger partial charge in [-0.2, -0.15) is 0 Å². The highest BCUT2D eigenvalue weighted by atomic mass is 15.0. The van der Waals surface area contributed by atoms with Crippen molar-refractivity contribution in [2.24, 2.45) is 0 Å². The molecule has 15 heavy (non-hydrogen) atoms. The third-order valence-electron chi connectivity index (χ3n) is 2.42. The monoisotopic (exact) mass is 197 g/mol. The van der Waals surface area contributed by atoms with Crippen LogP contribution in [0.1, 0.15) is 5.69 Å².